The Bertz CT molecular complexity index is 429. The molecule has 0 spiro atoms. The summed E-state index contributed by atoms with van der Waals surface area (Å²) in [5, 5.41) is 7.48. The van der Waals surface area contributed by atoms with Crippen molar-refractivity contribution in [2.75, 3.05) is 13.1 Å². The van der Waals surface area contributed by atoms with Crippen LogP contribution in [0.15, 0.2) is 0 Å². The predicted molar refractivity (Wildman–Crippen MR) is 74.1 cm³/mol. The van der Waals surface area contributed by atoms with Crippen LogP contribution < -0.4 is 5.32 Å². The maximum atomic E-state index is 12.1. The standard InChI is InChI=1S/C13H21ClF3N3/c1-4-10-12(14)11(20(5-2)19-10)6-9(3)7-18-8-13(15,16)17/h9,18H,4-8H2,1-3H3. The summed E-state index contributed by atoms with van der Waals surface area (Å²) in [4.78, 5) is 0. The van der Waals surface area contributed by atoms with Gasteiger partial charge in [-0.3, -0.25) is 4.68 Å². The van der Waals surface area contributed by atoms with Gasteiger partial charge in [-0.25, -0.2) is 0 Å². The summed E-state index contributed by atoms with van der Waals surface area (Å²) in [6.07, 6.45) is -2.80. The van der Waals surface area contributed by atoms with E-state index in [1.54, 1.807) is 0 Å². The first kappa shape index (κ1) is 17.3. The molecule has 0 radical (unpaired) electrons. The second kappa shape index (κ2) is 7.31. The van der Waals surface area contributed by atoms with Crippen molar-refractivity contribution < 1.29 is 13.2 Å². The fraction of sp³-hybridized carbons (Fsp3) is 0.769. The molecule has 0 bridgehead atoms. The lowest BCUT2D eigenvalue weighted by Gasteiger charge is -2.15. The first-order chi connectivity index (χ1) is 9.28. The first-order valence-electron chi connectivity index (χ1n) is 6.80. The van der Waals surface area contributed by atoms with Gasteiger partial charge >= 0.3 is 6.18 Å². The molecule has 0 amide bonds. The highest BCUT2D eigenvalue weighted by atomic mass is 35.5. The Kier molecular flexibility index (Phi) is 6.33. The topological polar surface area (TPSA) is 29.9 Å². The SMILES string of the molecule is CCc1nn(CC)c(CC(C)CNCC(F)(F)F)c1Cl. The maximum absolute atomic E-state index is 12.1. The molecule has 1 atom stereocenters. The molecule has 0 fully saturated rings. The van der Waals surface area contributed by atoms with Crippen LogP contribution in [0.1, 0.15) is 32.2 Å². The van der Waals surface area contributed by atoms with E-state index >= 15 is 0 Å². The predicted octanol–water partition coefficient (Wildman–Crippen LogP) is 3.45. The van der Waals surface area contributed by atoms with Gasteiger partial charge in [0.25, 0.3) is 0 Å². The number of aromatic nitrogens is 2. The van der Waals surface area contributed by atoms with E-state index in [0.29, 0.717) is 24.5 Å². The van der Waals surface area contributed by atoms with Gasteiger partial charge in [0, 0.05) is 6.54 Å². The molecule has 3 nitrogen and oxygen atoms in total. The lowest BCUT2D eigenvalue weighted by atomic mass is 10.0. The molecule has 0 aliphatic carbocycles. The molecular weight excluding hydrogens is 291 g/mol. The number of halogens is 4. The molecule has 1 rings (SSSR count). The fourth-order valence-corrected chi connectivity index (χ4v) is 2.42. The fourth-order valence-electron chi connectivity index (χ4n) is 2.07. The highest BCUT2D eigenvalue weighted by Gasteiger charge is 2.26. The second-order valence-electron chi connectivity index (χ2n) is 4.93. The van der Waals surface area contributed by atoms with Gasteiger partial charge in [-0.2, -0.15) is 18.3 Å². The highest BCUT2D eigenvalue weighted by molar-refractivity contribution is 6.31. The zero-order valence-corrected chi connectivity index (χ0v) is 12.8. The lowest BCUT2D eigenvalue weighted by Crippen LogP contribution is -2.32. The quantitative estimate of drug-likeness (QED) is 0.836. The van der Waals surface area contributed by atoms with Crippen LogP contribution in [-0.2, 0) is 19.4 Å². The number of nitrogens with one attached hydrogen (secondary N) is 1. The van der Waals surface area contributed by atoms with E-state index in [-0.39, 0.29) is 5.92 Å². The van der Waals surface area contributed by atoms with E-state index in [1.807, 2.05) is 25.5 Å². The minimum absolute atomic E-state index is 0.0570. The summed E-state index contributed by atoms with van der Waals surface area (Å²) in [7, 11) is 0. The lowest BCUT2D eigenvalue weighted by molar-refractivity contribution is -0.125. The number of nitrogens with zero attached hydrogens (tertiary/aromatic N) is 2. The van der Waals surface area contributed by atoms with Crippen molar-refractivity contribution in [1.29, 1.82) is 0 Å². The number of hydrogen-bond donors (Lipinski definition) is 1. The van der Waals surface area contributed by atoms with Crippen LogP contribution in [0.25, 0.3) is 0 Å². The molecule has 0 aromatic carbocycles. The van der Waals surface area contributed by atoms with E-state index in [1.165, 1.54) is 0 Å². The van der Waals surface area contributed by atoms with Crippen molar-refractivity contribution >= 4 is 11.6 Å². The smallest absolute Gasteiger partial charge is 0.308 e. The van der Waals surface area contributed by atoms with Crippen LogP contribution in [0.5, 0.6) is 0 Å². The monoisotopic (exact) mass is 311 g/mol. The van der Waals surface area contributed by atoms with Crippen molar-refractivity contribution in [3.63, 3.8) is 0 Å². The third-order valence-corrected chi connectivity index (χ3v) is 3.49. The molecular formula is C13H21ClF3N3. The summed E-state index contributed by atoms with van der Waals surface area (Å²) in [5.74, 6) is 0.0570. The molecule has 0 aliphatic heterocycles. The molecule has 0 saturated carbocycles. The van der Waals surface area contributed by atoms with Gasteiger partial charge in [-0.15, -0.1) is 0 Å². The molecule has 116 valence electrons. The molecule has 0 saturated heterocycles. The van der Waals surface area contributed by atoms with E-state index < -0.39 is 12.7 Å². The van der Waals surface area contributed by atoms with Gasteiger partial charge < -0.3 is 5.32 Å². The normalized spacial score (nSPS) is 13.8. The number of rotatable bonds is 7. The largest absolute Gasteiger partial charge is 0.401 e. The molecule has 1 heterocycles. The average Bonchev–Trinajstić information content (AvgIpc) is 2.64. The Balaban J connectivity index is 2.61. The Hall–Kier alpha value is -0.750. The van der Waals surface area contributed by atoms with Gasteiger partial charge in [0.2, 0.25) is 0 Å². The second-order valence-corrected chi connectivity index (χ2v) is 5.31. The zero-order chi connectivity index (χ0) is 15.3. The van der Waals surface area contributed by atoms with E-state index in [4.69, 9.17) is 11.6 Å². The van der Waals surface area contributed by atoms with Gasteiger partial charge in [0.05, 0.1) is 23.0 Å². The number of hydrogen-bond acceptors (Lipinski definition) is 2. The zero-order valence-electron chi connectivity index (χ0n) is 12.0. The van der Waals surface area contributed by atoms with Crippen LogP contribution in [0, 0.1) is 5.92 Å². The van der Waals surface area contributed by atoms with Gasteiger partial charge in [-0.05, 0) is 32.2 Å². The average molecular weight is 312 g/mol. The van der Waals surface area contributed by atoms with Crippen LogP contribution in [0.3, 0.4) is 0 Å². The molecule has 1 aromatic rings. The van der Waals surface area contributed by atoms with Gasteiger partial charge in [-0.1, -0.05) is 25.4 Å². The van der Waals surface area contributed by atoms with Crippen LogP contribution in [0.2, 0.25) is 5.02 Å². The van der Waals surface area contributed by atoms with Crippen LogP contribution in [0.4, 0.5) is 13.2 Å². The van der Waals surface area contributed by atoms with Gasteiger partial charge in [0.15, 0.2) is 0 Å². The van der Waals surface area contributed by atoms with Crippen molar-refractivity contribution in [2.45, 2.75) is 46.3 Å². The summed E-state index contributed by atoms with van der Waals surface area (Å²) < 4.78 is 38.0. The van der Waals surface area contributed by atoms with E-state index in [2.05, 4.69) is 10.4 Å². The molecule has 1 aromatic heterocycles. The Morgan fingerprint density at radius 1 is 1.35 bits per heavy atom. The number of aryl methyl sites for hydroxylation is 2. The summed E-state index contributed by atoms with van der Waals surface area (Å²) in [6, 6.07) is 0. The third kappa shape index (κ3) is 4.98. The van der Waals surface area contributed by atoms with Crippen molar-refractivity contribution in [3.05, 3.63) is 16.4 Å². The minimum atomic E-state index is -4.17. The van der Waals surface area contributed by atoms with Crippen LogP contribution in [-0.4, -0.2) is 29.0 Å². The third-order valence-electron chi connectivity index (χ3n) is 3.05. The van der Waals surface area contributed by atoms with Crippen molar-refractivity contribution in [2.24, 2.45) is 5.92 Å². The Morgan fingerprint density at radius 2 is 2.00 bits per heavy atom. The van der Waals surface area contributed by atoms with Crippen molar-refractivity contribution in [3.8, 4) is 0 Å². The molecule has 20 heavy (non-hydrogen) atoms. The summed E-state index contributed by atoms with van der Waals surface area (Å²) >= 11 is 6.28. The molecule has 1 unspecified atom stereocenters. The Labute approximate surface area is 122 Å². The van der Waals surface area contributed by atoms with Crippen LogP contribution >= 0.6 is 11.6 Å². The van der Waals surface area contributed by atoms with E-state index in [0.717, 1.165) is 17.8 Å². The molecule has 1 N–H and O–H groups in total. The van der Waals surface area contributed by atoms with Gasteiger partial charge in [0.1, 0.15) is 0 Å². The number of alkyl halides is 3. The first-order valence-corrected chi connectivity index (χ1v) is 7.17. The Morgan fingerprint density at radius 3 is 2.50 bits per heavy atom. The molecule has 7 heteroatoms. The van der Waals surface area contributed by atoms with E-state index in [9.17, 15) is 13.2 Å². The minimum Gasteiger partial charge on any atom is -0.308 e. The molecule has 0 aliphatic rings. The highest BCUT2D eigenvalue weighted by Crippen LogP contribution is 2.24. The maximum Gasteiger partial charge on any atom is 0.401 e. The summed E-state index contributed by atoms with van der Waals surface area (Å²) in [6.45, 7) is 5.89. The summed E-state index contributed by atoms with van der Waals surface area (Å²) in [5.41, 5.74) is 1.76. The van der Waals surface area contributed by atoms with Crippen molar-refractivity contribution in [1.82, 2.24) is 15.1 Å².